The van der Waals surface area contributed by atoms with Crippen molar-refractivity contribution in [2.75, 3.05) is 0 Å². The van der Waals surface area contributed by atoms with Gasteiger partial charge in [0.2, 0.25) is 0 Å². The fourth-order valence-electron chi connectivity index (χ4n) is 6.96. The molecule has 0 atom stereocenters. The fraction of sp³-hybridized carbons (Fsp3) is 0. The third-order valence-corrected chi connectivity index (χ3v) is 10.1. The van der Waals surface area contributed by atoms with Gasteiger partial charge in [0, 0.05) is 25.7 Å². The third-order valence-electron chi connectivity index (χ3n) is 8.86. The zero-order valence-electron chi connectivity index (χ0n) is 23.4. The van der Waals surface area contributed by atoms with Crippen LogP contribution in [0.5, 0.6) is 0 Å². The van der Waals surface area contributed by atoms with Gasteiger partial charge < -0.3 is 0 Å². The summed E-state index contributed by atoms with van der Waals surface area (Å²) in [4.78, 5) is 0. The van der Waals surface area contributed by atoms with Gasteiger partial charge in [-0.2, -0.15) is 0 Å². The van der Waals surface area contributed by atoms with Gasteiger partial charge in [-0.3, -0.25) is 0 Å². The van der Waals surface area contributed by atoms with Crippen LogP contribution in [0, 0.1) is 0 Å². The Labute approximate surface area is 254 Å². The van der Waals surface area contributed by atoms with Crippen LogP contribution in [-0.2, 0) is 0 Å². The molecule has 0 N–H and O–H groups in total. The molecule has 200 valence electrons. The summed E-state index contributed by atoms with van der Waals surface area (Å²) in [6.07, 6.45) is 0. The molecule has 0 fully saturated rings. The molecular formula is C42H26S. The summed E-state index contributed by atoms with van der Waals surface area (Å²) >= 11 is 1.90. The van der Waals surface area contributed by atoms with Crippen LogP contribution in [0.25, 0.3) is 85.9 Å². The van der Waals surface area contributed by atoms with Crippen molar-refractivity contribution in [1.82, 2.24) is 0 Å². The van der Waals surface area contributed by atoms with E-state index in [4.69, 9.17) is 0 Å². The minimum atomic E-state index is 1.24. The van der Waals surface area contributed by atoms with E-state index in [1.54, 1.807) is 0 Å². The summed E-state index contributed by atoms with van der Waals surface area (Å²) in [5, 5.41) is 10.3. The number of hydrogen-bond acceptors (Lipinski definition) is 1. The van der Waals surface area contributed by atoms with Gasteiger partial charge in [-0.1, -0.05) is 146 Å². The van der Waals surface area contributed by atoms with Crippen molar-refractivity contribution in [3.8, 4) is 33.4 Å². The average Bonchev–Trinajstić information content (AvgIpc) is 3.46. The van der Waals surface area contributed by atoms with E-state index in [-0.39, 0.29) is 0 Å². The maximum absolute atomic E-state index is 2.33. The van der Waals surface area contributed by atoms with Crippen molar-refractivity contribution in [3.63, 3.8) is 0 Å². The second kappa shape index (κ2) is 9.66. The molecule has 0 aliphatic rings. The van der Waals surface area contributed by atoms with Crippen LogP contribution >= 0.6 is 11.3 Å². The first-order chi connectivity index (χ1) is 21.3. The van der Waals surface area contributed by atoms with E-state index < -0.39 is 0 Å². The maximum atomic E-state index is 2.33. The van der Waals surface area contributed by atoms with E-state index in [0.29, 0.717) is 0 Å². The van der Waals surface area contributed by atoms with Crippen molar-refractivity contribution in [2.24, 2.45) is 0 Å². The van der Waals surface area contributed by atoms with E-state index in [9.17, 15) is 0 Å². The van der Waals surface area contributed by atoms with Gasteiger partial charge in [-0.15, -0.1) is 11.3 Å². The lowest BCUT2D eigenvalue weighted by Gasteiger charge is -2.20. The van der Waals surface area contributed by atoms with E-state index in [0.717, 1.165) is 0 Å². The second-order valence-electron chi connectivity index (χ2n) is 11.2. The van der Waals surface area contributed by atoms with Crippen molar-refractivity contribution in [3.05, 3.63) is 158 Å². The molecule has 0 saturated carbocycles. The predicted octanol–water partition coefficient (Wildman–Crippen LogP) is 12.5. The Kier molecular flexibility index (Phi) is 5.47. The lowest BCUT2D eigenvalue weighted by molar-refractivity contribution is 1.62. The Morgan fingerprint density at radius 3 is 1.56 bits per heavy atom. The molecule has 0 radical (unpaired) electrons. The summed E-state index contributed by atoms with van der Waals surface area (Å²) < 4.78 is 2.68. The summed E-state index contributed by atoms with van der Waals surface area (Å²) in [5.74, 6) is 0. The van der Waals surface area contributed by atoms with E-state index in [1.165, 1.54) is 85.9 Å². The molecular weight excluding hydrogens is 537 g/mol. The number of rotatable bonds is 3. The van der Waals surface area contributed by atoms with E-state index >= 15 is 0 Å². The van der Waals surface area contributed by atoms with Crippen molar-refractivity contribution < 1.29 is 0 Å². The Bertz CT molecular complexity index is 2460. The largest absolute Gasteiger partial charge is 0.135 e. The third kappa shape index (κ3) is 3.75. The van der Waals surface area contributed by atoms with E-state index in [1.807, 2.05) is 11.3 Å². The molecule has 1 aromatic heterocycles. The molecule has 0 aliphatic heterocycles. The quantitative estimate of drug-likeness (QED) is 0.188. The Morgan fingerprint density at radius 2 is 0.837 bits per heavy atom. The first-order valence-corrected chi connectivity index (χ1v) is 15.6. The lowest BCUT2D eigenvalue weighted by Crippen LogP contribution is -1.92. The topological polar surface area (TPSA) is 0 Å². The van der Waals surface area contributed by atoms with Gasteiger partial charge in [-0.05, 0) is 72.3 Å². The SMILES string of the molecule is c1ccc(-c2c3ccccc3c(-c3cccc4c3sc3ccccc34)c3ccccc23)c(-c2ccc3ccccc3c2)c1. The highest BCUT2D eigenvalue weighted by atomic mass is 32.1. The van der Waals surface area contributed by atoms with Crippen LogP contribution < -0.4 is 0 Å². The molecule has 0 aliphatic carbocycles. The maximum Gasteiger partial charge on any atom is 0.0434 e. The van der Waals surface area contributed by atoms with Gasteiger partial charge in [0.25, 0.3) is 0 Å². The highest BCUT2D eigenvalue weighted by Gasteiger charge is 2.20. The number of hydrogen-bond donors (Lipinski definition) is 0. The summed E-state index contributed by atoms with van der Waals surface area (Å²) in [5.41, 5.74) is 7.67. The van der Waals surface area contributed by atoms with Gasteiger partial charge in [-0.25, -0.2) is 0 Å². The molecule has 9 rings (SSSR count). The minimum absolute atomic E-state index is 1.24. The van der Waals surface area contributed by atoms with Gasteiger partial charge in [0.05, 0.1) is 0 Å². The molecule has 0 bridgehead atoms. The summed E-state index contributed by atoms with van der Waals surface area (Å²) in [7, 11) is 0. The monoisotopic (exact) mass is 562 g/mol. The van der Waals surface area contributed by atoms with Crippen LogP contribution in [0.2, 0.25) is 0 Å². The van der Waals surface area contributed by atoms with Crippen molar-refractivity contribution in [1.29, 1.82) is 0 Å². The second-order valence-corrected chi connectivity index (χ2v) is 12.3. The minimum Gasteiger partial charge on any atom is -0.135 e. The number of benzene rings is 8. The number of thiophene rings is 1. The normalized spacial score (nSPS) is 11.7. The molecule has 1 heteroatoms. The molecule has 9 aromatic rings. The molecule has 0 saturated heterocycles. The van der Waals surface area contributed by atoms with Gasteiger partial charge in [0.15, 0.2) is 0 Å². The Balaban J connectivity index is 1.39. The fourth-order valence-corrected chi connectivity index (χ4v) is 8.19. The molecule has 0 nitrogen and oxygen atoms in total. The zero-order chi connectivity index (χ0) is 28.3. The Hall–Kier alpha value is -5.24. The Morgan fingerprint density at radius 1 is 0.326 bits per heavy atom. The molecule has 8 aromatic carbocycles. The van der Waals surface area contributed by atoms with E-state index in [2.05, 4.69) is 158 Å². The van der Waals surface area contributed by atoms with Crippen molar-refractivity contribution >= 4 is 63.8 Å². The van der Waals surface area contributed by atoms with Crippen LogP contribution in [-0.4, -0.2) is 0 Å². The zero-order valence-corrected chi connectivity index (χ0v) is 24.2. The van der Waals surface area contributed by atoms with Gasteiger partial charge in [0.1, 0.15) is 0 Å². The molecule has 0 unspecified atom stereocenters. The first kappa shape index (κ1) is 24.4. The predicted molar refractivity (Wildman–Crippen MR) is 188 cm³/mol. The molecule has 43 heavy (non-hydrogen) atoms. The number of fused-ring (bicyclic) bond motifs is 6. The van der Waals surface area contributed by atoms with Gasteiger partial charge >= 0.3 is 0 Å². The highest BCUT2D eigenvalue weighted by Crippen LogP contribution is 2.49. The van der Waals surface area contributed by atoms with Crippen LogP contribution in [0.1, 0.15) is 0 Å². The molecule has 0 spiro atoms. The smallest absolute Gasteiger partial charge is 0.0434 e. The average molecular weight is 563 g/mol. The molecule has 0 amide bonds. The first-order valence-electron chi connectivity index (χ1n) is 14.8. The molecule has 1 heterocycles. The lowest BCUT2D eigenvalue weighted by atomic mass is 9.83. The highest BCUT2D eigenvalue weighted by molar-refractivity contribution is 7.26. The van der Waals surface area contributed by atoms with Crippen LogP contribution in [0.4, 0.5) is 0 Å². The van der Waals surface area contributed by atoms with Crippen LogP contribution in [0.15, 0.2) is 158 Å². The summed E-state index contributed by atoms with van der Waals surface area (Å²) in [6, 6.07) is 57.9. The summed E-state index contributed by atoms with van der Waals surface area (Å²) in [6.45, 7) is 0. The standard InChI is InChI=1S/C42H26S/c1-2-13-28-26-29(25-24-27(28)12-1)30-14-3-4-16-32(30)40-33-17-5-7-19-35(33)41(36-20-8-6-18-34(36)40)38-22-11-21-37-31-15-9-10-23-39(31)43-42(37)38/h1-26H. The van der Waals surface area contributed by atoms with Crippen LogP contribution in [0.3, 0.4) is 0 Å². The van der Waals surface area contributed by atoms with Crippen molar-refractivity contribution in [2.45, 2.75) is 0 Å².